The molecule has 1 fully saturated rings. The summed E-state index contributed by atoms with van der Waals surface area (Å²) in [6, 6.07) is 7.70. The lowest BCUT2D eigenvalue weighted by Gasteiger charge is -2.30. The van der Waals surface area contributed by atoms with E-state index < -0.39 is 0 Å². The van der Waals surface area contributed by atoms with Crippen LogP contribution in [-0.2, 0) is 22.6 Å². The fraction of sp³-hybridized carbons (Fsp3) is 0.444. The molecule has 25 heavy (non-hydrogen) atoms. The molecule has 7 nitrogen and oxygen atoms in total. The van der Waals surface area contributed by atoms with Gasteiger partial charge in [-0.15, -0.1) is 0 Å². The van der Waals surface area contributed by atoms with Crippen LogP contribution in [-0.4, -0.2) is 55.5 Å². The number of methoxy groups -OCH3 is 1. The third-order valence-electron chi connectivity index (χ3n) is 4.27. The third-order valence-corrected chi connectivity index (χ3v) is 4.27. The molecule has 0 radical (unpaired) electrons. The van der Waals surface area contributed by atoms with E-state index in [1.165, 1.54) is 0 Å². The lowest BCUT2D eigenvalue weighted by Crippen LogP contribution is -2.38. The number of hydrogen-bond donors (Lipinski definition) is 1. The van der Waals surface area contributed by atoms with Crippen molar-refractivity contribution in [3.8, 4) is 0 Å². The highest BCUT2D eigenvalue weighted by atomic mass is 16.5. The number of morpholine rings is 1. The average Bonchev–Trinajstić information content (AvgIpc) is 3.12. The van der Waals surface area contributed by atoms with Gasteiger partial charge in [0.05, 0.1) is 44.0 Å². The number of anilines is 1. The van der Waals surface area contributed by atoms with Gasteiger partial charge in [0.2, 0.25) is 0 Å². The number of rotatable bonds is 7. The zero-order valence-corrected chi connectivity index (χ0v) is 14.5. The Hall–Kier alpha value is -2.38. The van der Waals surface area contributed by atoms with Crippen molar-refractivity contribution < 1.29 is 14.3 Å². The molecule has 3 rings (SSSR count). The Morgan fingerprint density at radius 2 is 2.12 bits per heavy atom. The molecule has 0 aliphatic carbocycles. The van der Waals surface area contributed by atoms with Crippen molar-refractivity contribution in [3.05, 3.63) is 48.0 Å². The Morgan fingerprint density at radius 3 is 2.92 bits per heavy atom. The Bertz CT molecular complexity index is 695. The fourth-order valence-electron chi connectivity index (χ4n) is 2.90. The number of aromatic nitrogens is 2. The molecule has 134 valence electrons. The van der Waals surface area contributed by atoms with Gasteiger partial charge in [-0.05, 0) is 12.1 Å². The molecule has 1 aromatic carbocycles. The molecule has 7 heteroatoms. The van der Waals surface area contributed by atoms with Crippen molar-refractivity contribution in [2.45, 2.75) is 13.1 Å². The molecular weight excluding hydrogens is 320 g/mol. The molecule has 0 spiro atoms. The van der Waals surface area contributed by atoms with Gasteiger partial charge in [-0.25, -0.2) is 4.98 Å². The SMILES string of the molecule is COCCn1cncc1CNC(=O)c1ccccc1N1CCOCC1. The standard InChI is InChI=1S/C18H24N4O3/c1-24-9-6-22-14-19-12-15(22)13-20-18(23)16-4-2-3-5-17(16)21-7-10-25-11-8-21/h2-5,12,14H,6-11,13H2,1H3,(H,20,23). The van der Waals surface area contributed by atoms with Gasteiger partial charge >= 0.3 is 0 Å². The van der Waals surface area contributed by atoms with E-state index in [1.807, 2.05) is 28.8 Å². The maximum absolute atomic E-state index is 12.7. The van der Waals surface area contributed by atoms with Crippen LogP contribution in [0.5, 0.6) is 0 Å². The molecule has 1 aliphatic heterocycles. The highest BCUT2D eigenvalue weighted by Gasteiger charge is 2.18. The second-order valence-electron chi connectivity index (χ2n) is 5.87. The van der Waals surface area contributed by atoms with E-state index in [4.69, 9.17) is 9.47 Å². The fourth-order valence-corrected chi connectivity index (χ4v) is 2.90. The summed E-state index contributed by atoms with van der Waals surface area (Å²) in [5.41, 5.74) is 2.60. The molecule has 0 atom stereocenters. The smallest absolute Gasteiger partial charge is 0.253 e. The monoisotopic (exact) mass is 344 g/mol. The Morgan fingerprint density at radius 1 is 1.32 bits per heavy atom. The van der Waals surface area contributed by atoms with Crippen LogP contribution in [0.3, 0.4) is 0 Å². The van der Waals surface area contributed by atoms with Crippen molar-refractivity contribution in [3.63, 3.8) is 0 Å². The number of nitrogens with zero attached hydrogens (tertiary/aromatic N) is 3. The number of carbonyl (C=O) groups excluding carboxylic acids is 1. The van der Waals surface area contributed by atoms with E-state index in [9.17, 15) is 4.79 Å². The lowest BCUT2D eigenvalue weighted by molar-refractivity contribution is 0.0948. The molecule has 1 aromatic heterocycles. The van der Waals surface area contributed by atoms with E-state index in [1.54, 1.807) is 19.6 Å². The normalized spacial score (nSPS) is 14.5. The van der Waals surface area contributed by atoms with Gasteiger partial charge in [0, 0.05) is 38.6 Å². The van der Waals surface area contributed by atoms with Crippen LogP contribution in [0.2, 0.25) is 0 Å². The maximum atomic E-state index is 12.7. The summed E-state index contributed by atoms with van der Waals surface area (Å²) in [5, 5.41) is 3.00. The highest BCUT2D eigenvalue weighted by Crippen LogP contribution is 2.21. The molecule has 2 aromatic rings. The summed E-state index contributed by atoms with van der Waals surface area (Å²) in [6.07, 6.45) is 3.52. The molecule has 1 aliphatic rings. The van der Waals surface area contributed by atoms with Crippen molar-refractivity contribution in [2.75, 3.05) is 44.9 Å². The van der Waals surface area contributed by atoms with E-state index in [0.29, 0.717) is 38.5 Å². The minimum Gasteiger partial charge on any atom is -0.383 e. The number of imidazole rings is 1. The largest absolute Gasteiger partial charge is 0.383 e. The molecular formula is C18H24N4O3. The van der Waals surface area contributed by atoms with Crippen LogP contribution in [0.25, 0.3) is 0 Å². The first-order valence-corrected chi connectivity index (χ1v) is 8.47. The van der Waals surface area contributed by atoms with E-state index in [0.717, 1.165) is 24.5 Å². The summed E-state index contributed by atoms with van der Waals surface area (Å²) in [7, 11) is 1.67. The van der Waals surface area contributed by atoms with Gasteiger partial charge in [0.15, 0.2) is 0 Å². The summed E-state index contributed by atoms with van der Waals surface area (Å²) >= 11 is 0. The first-order chi connectivity index (χ1) is 12.3. The van der Waals surface area contributed by atoms with E-state index in [2.05, 4.69) is 15.2 Å². The number of para-hydroxylation sites is 1. The maximum Gasteiger partial charge on any atom is 0.253 e. The number of hydrogen-bond acceptors (Lipinski definition) is 5. The summed E-state index contributed by atoms with van der Waals surface area (Å²) < 4.78 is 12.5. The van der Waals surface area contributed by atoms with Gasteiger partial charge in [-0.2, -0.15) is 0 Å². The predicted molar refractivity (Wildman–Crippen MR) is 94.7 cm³/mol. The molecule has 0 saturated carbocycles. The van der Waals surface area contributed by atoms with Crippen molar-refractivity contribution in [1.82, 2.24) is 14.9 Å². The van der Waals surface area contributed by atoms with Gasteiger partial charge in [0.25, 0.3) is 5.91 Å². The third kappa shape index (κ3) is 4.37. The summed E-state index contributed by atoms with van der Waals surface area (Å²) in [5.74, 6) is -0.0819. The van der Waals surface area contributed by atoms with Crippen LogP contribution < -0.4 is 10.2 Å². The number of benzene rings is 1. The Labute approximate surface area is 147 Å². The van der Waals surface area contributed by atoms with Crippen molar-refractivity contribution in [2.24, 2.45) is 0 Å². The molecule has 2 heterocycles. The quantitative estimate of drug-likeness (QED) is 0.820. The zero-order chi connectivity index (χ0) is 17.5. The van der Waals surface area contributed by atoms with Crippen LogP contribution in [0.15, 0.2) is 36.8 Å². The van der Waals surface area contributed by atoms with Gasteiger partial charge < -0.3 is 24.3 Å². The van der Waals surface area contributed by atoms with Crippen molar-refractivity contribution in [1.29, 1.82) is 0 Å². The Balaban J connectivity index is 1.67. The number of nitrogens with one attached hydrogen (secondary N) is 1. The predicted octanol–water partition coefficient (Wildman–Crippen LogP) is 1.30. The minimum atomic E-state index is -0.0819. The van der Waals surface area contributed by atoms with Crippen LogP contribution in [0.4, 0.5) is 5.69 Å². The first kappa shape index (κ1) is 17.4. The second-order valence-corrected chi connectivity index (χ2v) is 5.87. The van der Waals surface area contributed by atoms with Crippen molar-refractivity contribution >= 4 is 11.6 Å². The van der Waals surface area contributed by atoms with Gasteiger partial charge in [0.1, 0.15) is 0 Å². The summed E-state index contributed by atoms with van der Waals surface area (Å²) in [4.78, 5) is 19.1. The number of carbonyl (C=O) groups is 1. The topological polar surface area (TPSA) is 68.6 Å². The Kier molecular flexibility index (Phi) is 6.03. The van der Waals surface area contributed by atoms with Crippen LogP contribution in [0, 0.1) is 0 Å². The zero-order valence-electron chi connectivity index (χ0n) is 14.5. The lowest BCUT2D eigenvalue weighted by atomic mass is 10.1. The van der Waals surface area contributed by atoms with Crippen LogP contribution >= 0.6 is 0 Å². The molecule has 0 bridgehead atoms. The first-order valence-electron chi connectivity index (χ1n) is 8.47. The van der Waals surface area contributed by atoms with E-state index in [-0.39, 0.29) is 5.91 Å². The molecule has 0 unspecified atom stereocenters. The number of ether oxygens (including phenoxy) is 2. The minimum absolute atomic E-state index is 0.0819. The molecule has 1 saturated heterocycles. The second kappa shape index (κ2) is 8.64. The van der Waals surface area contributed by atoms with Crippen LogP contribution in [0.1, 0.15) is 16.1 Å². The molecule has 1 amide bonds. The average molecular weight is 344 g/mol. The van der Waals surface area contributed by atoms with Gasteiger partial charge in [-0.1, -0.05) is 12.1 Å². The van der Waals surface area contributed by atoms with E-state index >= 15 is 0 Å². The van der Waals surface area contributed by atoms with Gasteiger partial charge in [-0.3, -0.25) is 4.79 Å². The number of amides is 1. The molecule has 1 N–H and O–H groups in total. The summed E-state index contributed by atoms with van der Waals surface area (Å²) in [6.45, 7) is 4.73. The highest BCUT2D eigenvalue weighted by molar-refractivity contribution is 5.99.